The van der Waals surface area contributed by atoms with Crippen molar-refractivity contribution in [2.75, 3.05) is 75.7 Å². The fourth-order valence-corrected chi connectivity index (χ4v) is 7.21. The summed E-state index contributed by atoms with van der Waals surface area (Å²) in [7, 11) is -5.52. The lowest BCUT2D eigenvalue weighted by Crippen LogP contribution is -2.50. The Morgan fingerprint density at radius 1 is 1.14 bits per heavy atom. The van der Waals surface area contributed by atoms with E-state index in [0.29, 0.717) is 54.6 Å². The number of ether oxygens (including phenoxy) is 2. The highest BCUT2D eigenvalue weighted by molar-refractivity contribution is 7.90. The van der Waals surface area contributed by atoms with Gasteiger partial charge >= 0.3 is 0 Å². The average Bonchev–Trinajstić information content (AvgIpc) is 3.40. The zero-order valence-electron chi connectivity index (χ0n) is 23.5. The molecule has 16 heteroatoms. The molecule has 226 valence electrons. The number of hydrogen-bond acceptors (Lipinski definition) is 12. The number of sulfonamides is 1. The molecule has 0 saturated carbocycles. The first-order chi connectivity index (χ1) is 20.1. The highest BCUT2D eigenvalue weighted by Crippen LogP contribution is 2.33. The number of nitriles is 1. The van der Waals surface area contributed by atoms with Crippen molar-refractivity contribution in [3.63, 3.8) is 0 Å². The fraction of sp³-hybridized carbons (Fsp3) is 0.500. The molecular weight excluding hydrogens is 584 g/mol. The highest BCUT2D eigenvalue weighted by atomic mass is 32.2. The van der Waals surface area contributed by atoms with Crippen molar-refractivity contribution in [2.45, 2.75) is 23.8 Å². The SMILES string of the molecule is COc1cc(S(=O)(=O)N2CCC(N3CCOCC3)CC2)ccc1Nc1nc(NCCS(C)(=O)=O)c2c(C#N)c[nH]c2n1. The molecule has 0 atom stereocenters. The lowest BCUT2D eigenvalue weighted by molar-refractivity contribution is 0.00610. The van der Waals surface area contributed by atoms with Crippen molar-refractivity contribution < 1.29 is 26.3 Å². The largest absolute Gasteiger partial charge is 0.495 e. The van der Waals surface area contributed by atoms with E-state index in [-0.39, 0.29) is 34.7 Å². The smallest absolute Gasteiger partial charge is 0.243 e. The Labute approximate surface area is 245 Å². The predicted molar refractivity (Wildman–Crippen MR) is 157 cm³/mol. The fourth-order valence-electron chi connectivity index (χ4n) is 5.25. The average molecular weight is 619 g/mol. The van der Waals surface area contributed by atoms with E-state index in [1.165, 1.54) is 29.7 Å². The minimum atomic E-state index is -3.74. The van der Waals surface area contributed by atoms with Crippen molar-refractivity contribution >= 4 is 48.3 Å². The molecule has 0 radical (unpaired) electrons. The first kappa shape index (κ1) is 30.0. The van der Waals surface area contributed by atoms with Gasteiger partial charge in [0.05, 0.1) is 47.6 Å². The summed E-state index contributed by atoms with van der Waals surface area (Å²) in [5.41, 5.74) is 1.10. The Kier molecular flexibility index (Phi) is 8.85. The number of fused-ring (bicyclic) bond motifs is 1. The van der Waals surface area contributed by atoms with Gasteiger partial charge in [0.2, 0.25) is 16.0 Å². The van der Waals surface area contributed by atoms with Gasteiger partial charge in [0.25, 0.3) is 0 Å². The summed E-state index contributed by atoms with van der Waals surface area (Å²) in [6.45, 7) is 4.14. The first-order valence-electron chi connectivity index (χ1n) is 13.6. The number of H-pyrrole nitrogens is 1. The van der Waals surface area contributed by atoms with Gasteiger partial charge in [-0.25, -0.2) is 16.8 Å². The molecule has 42 heavy (non-hydrogen) atoms. The van der Waals surface area contributed by atoms with Gasteiger partial charge in [0, 0.05) is 57.3 Å². The van der Waals surface area contributed by atoms with Crippen LogP contribution in [0.4, 0.5) is 17.5 Å². The molecule has 14 nitrogen and oxygen atoms in total. The number of sulfone groups is 1. The maximum Gasteiger partial charge on any atom is 0.243 e. The van der Waals surface area contributed by atoms with Gasteiger partial charge in [-0.2, -0.15) is 19.5 Å². The molecule has 2 aliphatic rings. The summed E-state index contributed by atoms with van der Waals surface area (Å²) >= 11 is 0. The number of anilines is 3. The van der Waals surface area contributed by atoms with E-state index >= 15 is 0 Å². The molecule has 5 rings (SSSR count). The second-order valence-electron chi connectivity index (χ2n) is 10.3. The number of piperidine rings is 1. The number of benzene rings is 1. The normalized spacial score (nSPS) is 17.6. The molecule has 4 heterocycles. The van der Waals surface area contributed by atoms with E-state index < -0.39 is 19.9 Å². The van der Waals surface area contributed by atoms with Gasteiger partial charge in [-0.05, 0) is 25.0 Å². The van der Waals surface area contributed by atoms with Crippen LogP contribution in [0.2, 0.25) is 0 Å². The molecule has 3 aromatic rings. The molecular formula is C26H34N8O6S2. The monoisotopic (exact) mass is 618 g/mol. The van der Waals surface area contributed by atoms with Crippen LogP contribution in [0.25, 0.3) is 11.0 Å². The molecule has 0 amide bonds. The zero-order chi connectivity index (χ0) is 29.9. The topological polar surface area (TPSA) is 183 Å². The molecule has 2 fully saturated rings. The zero-order valence-corrected chi connectivity index (χ0v) is 25.1. The lowest BCUT2D eigenvalue weighted by Gasteiger charge is -2.39. The van der Waals surface area contributed by atoms with Gasteiger partial charge in [-0.3, -0.25) is 4.90 Å². The van der Waals surface area contributed by atoms with Crippen molar-refractivity contribution in [1.82, 2.24) is 24.2 Å². The maximum absolute atomic E-state index is 13.5. The third kappa shape index (κ3) is 6.60. The van der Waals surface area contributed by atoms with Crippen LogP contribution >= 0.6 is 0 Å². The summed E-state index contributed by atoms with van der Waals surface area (Å²) in [5, 5.41) is 16.0. The van der Waals surface area contributed by atoms with Crippen molar-refractivity contribution in [3.05, 3.63) is 30.0 Å². The second kappa shape index (κ2) is 12.4. The number of morpholine rings is 1. The first-order valence-corrected chi connectivity index (χ1v) is 17.1. The third-order valence-electron chi connectivity index (χ3n) is 7.46. The number of hydrogen-bond donors (Lipinski definition) is 3. The van der Waals surface area contributed by atoms with Gasteiger partial charge in [0.1, 0.15) is 33.1 Å². The number of rotatable bonds is 10. The second-order valence-corrected chi connectivity index (χ2v) is 14.5. The van der Waals surface area contributed by atoms with Crippen LogP contribution in [0.5, 0.6) is 5.75 Å². The number of nitrogens with one attached hydrogen (secondary N) is 3. The van der Waals surface area contributed by atoms with Crippen LogP contribution < -0.4 is 15.4 Å². The van der Waals surface area contributed by atoms with Crippen molar-refractivity contribution in [3.8, 4) is 11.8 Å². The third-order valence-corrected chi connectivity index (χ3v) is 10.3. The van der Waals surface area contributed by atoms with E-state index in [0.717, 1.165) is 32.2 Å². The Bertz CT molecular complexity index is 1690. The summed E-state index contributed by atoms with van der Waals surface area (Å²) in [6.07, 6.45) is 4.16. The van der Waals surface area contributed by atoms with Crippen LogP contribution in [0.15, 0.2) is 29.3 Å². The maximum atomic E-state index is 13.5. The number of nitrogens with zero attached hydrogens (tertiary/aromatic N) is 5. The van der Waals surface area contributed by atoms with E-state index in [9.17, 15) is 22.1 Å². The summed E-state index contributed by atoms with van der Waals surface area (Å²) in [5.74, 6) is 0.568. The Balaban J connectivity index is 1.34. The van der Waals surface area contributed by atoms with Crippen molar-refractivity contribution in [1.29, 1.82) is 5.26 Å². The van der Waals surface area contributed by atoms with Gasteiger partial charge < -0.3 is 25.1 Å². The van der Waals surface area contributed by atoms with Crippen LogP contribution in [0.1, 0.15) is 18.4 Å². The molecule has 2 saturated heterocycles. The number of aromatic nitrogens is 3. The molecule has 2 aliphatic heterocycles. The molecule has 3 N–H and O–H groups in total. The Morgan fingerprint density at radius 3 is 2.55 bits per heavy atom. The van der Waals surface area contributed by atoms with Gasteiger partial charge in [-0.15, -0.1) is 0 Å². The van der Waals surface area contributed by atoms with E-state index in [1.54, 1.807) is 6.07 Å². The quantitative estimate of drug-likeness (QED) is 0.298. The Hall–Kier alpha value is -3.49. The number of methoxy groups -OCH3 is 1. The van der Waals surface area contributed by atoms with E-state index in [2.05, 4.69) is 36.6 Å². The summed E-state index contributed by atoms with van der Waals surface area (Å²) < 4.78 is 62.7. The van der Waals surface area contributed by atoms with E-state index in [4.69, 9.17) is 9.47 Å². The molecule has 0 bridgehead atoms. The molecule has 0 unspecified atom stereocenters. The minimum absolute atomic E-state index is 0.0833. The summed E-state index contributed by atoms with van der Waals surface area (Å²) in [4.78, 5) is 14.4. The minimum Gasteiger partial charge on any atom is -0.495 e. The molecule has 0 spiro atoms. The van der Waals surface area contributed by atoms with Crippen LogP contribution in [-0.2, 0) is 24.6 Å². The van der Waals surface area contributed by atoms with Crippen LogP contribution in [-0.4, -0.2) is 112 Å². The number of aromatic amines is 1. The van der Waals surface area contributed by atoms with E-state index in [1.807, 2.05) is 0 Å². The van der Waals surface area contributed by atoms with Crippen LogP contribution in [0.3, 0.4) is 0 Å². The molecule has 1 aromatic carbocycles. The van der Waals surface area contributed by atoms with Crippen LogP contribution in [0, 0.1) is 11.3 Å². The summed E-state index contributed by atoms with van der Waals surface area (Å²) in [6, 6.07) is 7.00. The molecule has 0 aliphatic carbocycles. The molecule has 2 aromatic heterocycles. The Morgan fingerprint density at radius 2 is 1.88 bits per heavy atom. The lowest BCUT2D eigenvalue weighted by atomic mass is 10.0. The van der Waals surface area contributed by atoms with Crippen molar-refractivity contribution in [2.24, 2.45) is 0 Å². The predicted octanol–water partition coefficient (Wildman–Crippen LogP) is 1.52. The van der Waals surface area contributed by atoms with Gasteiger partial charge in [0.15, 0.2) is 0 Å². The standard InChI is InChI=1S/C26H34N8O6S2/c1-39-22-15-20(42(37,38)34-8-5-19(6-9-34)33-10-12-40-13-11-33)3-4-21(22)30-26-31-24(28-7-14-41(2,35)36)23-18(16-27)17-29-25(23)32-26/h3-4,15,17,19H,5-14H2,1-2H3,(H3,28,29,30,31,32). The highest BCUT2D eigenvalue weighted by Gasteiger charge is 2.32. The van der Waals surface area contributed by atoms with Gasteiger partial charge in [-0.1, -0.05) is 0 Å².